The Morgan fingerprint density at radius 3 is 1.38 bits per heavy atom. The first kappa shape index (κ1) is 25.3. The lowest BCUT2D eigenvalue weighted by atomic mass is 10.2. The van der Waals surface area contributed by atoms with Crippen LogP contribution in [0.25, 0.3) is 0 Å². The zero-order chi connectivity index (χ0) is 21.9. The molecule has 2 saturated carbocycles. The predicted molar refractivity (Wildman–Crippen MR) is 118 cm³/mol. The Bertz CT molecular complexity index is 730. The van der Waals surface area contributed by atoms with Gasteiger partial charge in [0.1, 0.15) is 0 Å². The van der Waals surface area contributed by atoms with Crippen molar-refractivity contribution in [2.75, 3.05) is 64.9 Å². The smallest absolute Gasteiger partial charge is 0.229 e. The zero-order valence-electron chi connectivity index (χ0n) is 18.2. The number of sulfonamides is 1. The van der Waals surface area contributed by atoms with Crippen LogP contribution in [0.4, 0.5) is 0 Å². The van der Waals surface area contributed by atoms with Gasteiger partial charge in [-0.2, -0.15) is 4.31 Å². The molecular weight excluding hydrogens is 436 g/mol. The third kappa shape index (κ3) is 8.96. The van der Waals surface area contributed by atoms with E-state index in [4.69, 9.17) is 0 Å². The van der Waals surface area contributed by atoms with E-state index in [0.717, 1.165) is 19.3 Å². The van der Waals surface area contributed by atoms with Gasteiger partial charge in [-0.1, -0.05) is 0 Å². The van der Waals surface area contributed by atoms with E-state index in [9.17, 15) is 16.8 Å². The van der Waals surface area contributed by atoms with Crippen LogP contribution in [0.1, 0.15) is 39.5 Å². The Morgan fingerprint density at radius 2 is 1.07 bits per heavy atom. The van der Waals surface area contributed by atoms with Gasteiger partial charge in [0.15, 0.2) is 0 Å². The highest BCUT2D eigenvalue weighted by atomic mass is 35.7. The number of nitrogens with one attached hydrogen (secondary N) is 1. The second-order valence-corrected chi connectivity index (χ2v) is 14.1. The van der Waals surface area contributed by atoms with E-state index < -0.39 is 19.1 Å². The summed E-state index contributed by atoms with van der Waals surface area (Å²) in [6.07, 6.45) is 7.60. The fraction of sp³-hybridized carbons (Fsp3) is 1.00. The highest BCUT2D eigenvalue weighted by Crippen LogP contribution is 2.41. The van der Waals surface area contributed by atoms with Crippen molar-refractivity contribution in [3.63, 3.8) is 0 Å². The van der Waals surface area contributed by atoms with Crippen LogP contribution in [-0.2, 0) is 19.1 Å². The minimum atomic E-state index is -3.19. The average Bonchev–Trinajstić information content (AvgIpc) is 3.54. The molecule has 172 valence electrons. The zero-order valence-corrected chi connectivity index (χ0v) is 20.5. The lowest BCUT2D eigenvalue weighted by molar-refractivity contribution is 0.132. The maximum atomic E-state index is 11.3. The van der Waals surface area contributed by atoms with E-state index in [-0.39, 0.29) is 0 Å². The van der Waals surface area contributed by atoms with Crippen molar-refractivity contribution in [1.82, 2.24) is 19.4 Å². The molecule has 0 aromatic heterocycles. The first-order valence-corrected chi connectivity index (χ1v) is 14.9. The Hall–Kier alpha value is 0.0300. The summed E-state index contributed by atoms with van der Waals surface area (Å²) in [5.74, 6) is 0. The molecule has 29 heavy (non-hydrogen) atoms. The van der Waals surface area contributed by atoms with Crippen LogP contribution in [0, 0.1) is 0 Å². The molecular formula is C18H37ClN4O4S2. The van der Waals surface area contributed by atoms with Gasteiger partial charge in [-0.25, -0.2) is 16.8 Å². The molecule has 2 saturated heterocycles. The molecule has 0 bridgehead atoms. The maximum absolute atomic E-state index is 11.3. The van der Waals surface area contributed by atoms with Gasteiger partial charge < -0.3 is 5.32 Å². The van der Waals surface area contributed by atoms with Gasteiger partial charge in [0.25, 0.3) is 0 Å². The third-order valence-corrected chi connectivity index (χ3v) is 7.60. The molecule has 8 nitrogen and oxygen atoms in total. The summed E-state index contributed by atoms with van der Waals surface area (Å²) in [6, 6.07) is 0. The van der Waals surface area contributed by atoms with Crippen molar-refractivity contribution in [3.05, 3.63) is 0 Å². The van der Waals surface area contributed by atoms with Crippen molar-refractivity contribution in [3.8, 4) is 0 Å². The van der Waals surface area contributed by atoms with Gasteiger partial charge in [0, 0.05) is 74.1 Å². The largest absolute Gasteiger partial charge is 0.314 e. The SMILES string of the molecule is CC1(N2CCN(S(C)(=O)=O)CC2)CC1.CC1(N2CCNCC2)CC1.CS(=O)(=O)Cl. The topological polar surface area (TPSA) is 90.0 Å². The van der Waals surface area contributed by atoms with Crippen LogP contribution in [0.2, 0.25) is 0 Å². The van der Waals surface area contributed by atoms with E-state index in [1.807, 2.05) is 0 Å². The molecule has 2 aliphatic heterocycles. The fourth-order valence-electron chi connectivity index (χ4n) is 3.76. The Labute approximate surface area is 181 Å². The highest BCUT2D eigenvalue weighted by molar-refractivity contribution is 8.13. The van der Waals surface area contributed by atoms with Crippen LogP contribution in [0.3, 0.4) is 0 Å². The number of piperazine rings is 2. The van der Waals surface area contributed by atoms with Crippen LogP contribution >= 0.6 is 10.7 Å². The summed E-state index contributed by atoms with van der Waals surface area (Å²) < 4.78 is 42.9. The molecule has 0 spiro atoms. The second-order valence-electron chi connectivity index (χ2n) is 9.06. The van der Waals surface area contributed by atoms with Gasteiger partial charge in [-0.15, -0.1) is 0 Å². The molecule has 0 amide bonds. The van der Waals surface area contributed by atoms with E-state index in [1.165, 1.54) is 58.1 Å². The fourth-order valence-corrected chi connectivity index (χ4v) is 4.59. The quantitative estimate of drug-likeness (QED) is 0.606. The van der Waals surface area contributed by atoms with Gasteiger partial charge in [0.05, 0.1) is 12.5 Å². The maximum Gasteiger partial charge on any atom is 0.229 e. The van der Waals surface area contributed by atoms with Crippen molar-refractivity contribution in [2.24, 2.45) is 0 Å². The molecule has 0 aromatic carbocycles. The normalized spacial score (nSPS) is 27.1. The van der Waals surface area contributed by atoms with E-state index in [1.54, 1.807) is 4.31 Å². The standard InChI is InChI=1S/C9H18N2O2S.C8H16N2.CH3ClO2S/c1-9(3-4-9)10-5-7-11(8-6-10)14(2,12)13;1-8(2-3-8)10-6-4-9-5-7-10;1-5(2,3)4/h3-8H2,1-2H3;9H,2-7H2,1H3;1H3. The molecule has 2 aliphatic carbocycles. The monoisotopic (exact) mass is 472 g/mol. The summed E-state index contributed by atoms with van der Waals surface area (Å²) >= 11 is 0. The van der Waals surface area contributed by atoms with Gasteiger partial charge in [-0.05, 0) is 39.5 Å². The number of hydrogen-bond acceptors (Lipinski definition) is 7. The Morgan fingerprint density at radius 1 is 0.724 bits per heavy atom. The summed E-state index contributed by atoms with van der Waals surface area (Å²) in [6.45, 7) is 12.7. The van der Waals surface area contributed by atoms with Crippen molar-refractivity contribution in [2.45, 2.75) is 50.6 Å². The minimum Gasteiger partial charge on any atom is -0.314 e. The summed E-state index contributed by atoms with van der Waals surface area (Å²) in [4.78, 5) is 5.05. The van der Waals surface area contributed by atoms with Crippen molar-refractivity contribution in [1.29, 1.82) is 0 Å². The first-order valence-electron chi connectivity index (χ1n) is 10.3. The van der Waals surface area contributed by atoms with Gasteiger partial charge >= 0.3 is 0 Å². The van der Waals surface area contributed by atoms with Gasteiger partial charge in [0.2, 0.25) is 19.1 Å². The summed E-state index contributed by atoms with van der Waals surface area (Å²) in [7, 11) is -1.66. The first-order chi connectivity index (χ1) is 13.2. The minimum absolute atomic E-state index is 0.392. The Kier molecular flexibility index (Phi) is 8.43. The van der Waals surface area contributed by atoms with Gasteiger partial charge in [-0.3, -0.25) is 9.80 Å². The van der Waals surface area contributed by atoms with E-state index in [0.29, 0.717) is 24.2 Å². The number of nitrogens with zero attached hydrogens (tertiary/aromatic N) is 3. The summed E-state index contributed by atoms with van der Waals surface area (Å²) in [5, 5.41) is 3.37. The molecule has 1 N–H and O–H groups in total. The van der Waals surface area contributed by atoms with Crippen LogP contribution in [0.5, 0.6) is 0 Å². The average molecular weight is 473 g/mol. The third-order valence-electron chi connectivity index (χ3n) is 6.30. The number of rotatable bonds is 3. The lowest BCUT2D eigenvalue weighted by Crippen LogP contribution is -2.51. The number of hydrogen-bond donors (Lipinski definition) is 1. The van der Waals surface area contributed by atoms with E-state index >= 15 is 0 Å². The van der Waals surface area contributed by atoms with Crippen LogP contribution in [0.15, 0.2) is 0 Å². The second kappa shape index (κ2) is 9.67. The number of halogens is 1. The van der Waals surface area contributed by atoms with E-state index in [2.05, 4.69) is 39.6 Å². The molecule has 11 heteroatoms. The van der Waals surface area contributed by atoms with Crippen molar-refractivity contribution < 1.29 is 16.8 Å². The predicted octanol–water partition coefficient (Wildman–Crippen LogP) is 0.745. The summed E-state index contributed by atoms with van der Waals surface area (Å²) in [5.41, 5.74) is 1.01. The Balaban J connectivity index is 0.000000175. The molecule has 4 rings (SSSR count). The molecule has 2 heterocycles. The molecule has 0 unspecified atom stereocenters. The highest BCUT2D eigenvalue weighted by Gasteiger charge is 2.44. The van der Waals surface area contributed by atoms with Crippen molar-refractivity contribution >= 4 is 29.8 Å². The van der Waals surface area contributed by atoms with Crippen LogP contribution in [-0.4, -0.2) is 107 Å². The molecule has 4 fully saturated rings. The lowest BCUT2D eigenvalue weighted by Gasteiger charge is -2.37. The molecule has 4 aliphatic rings. The molecule has 0 radical (unpaired) electrons. The molecule has 0 aromatic rings. The molecule has 0 atom stereocenters. The van der Waals surface area contributed by atoms with Crippen LogP contribution < -0.4 is 5.32 Å².